The van der Waals surface area contributed by atoms with Crippen LogP contribution in [0.3, 0.4) is 0 Å². The minimum absolute atomic E-state index is 0. The number of aliphatic carboxylic acids is 4. The number of carboxylic acids is 4. The Bertz CT molecular complexity index is 946. The summed E-state index contributed by atoms with van der Waals surface area (Å²) in [6.07, 6.45) is -34.6. The predicted octanol–water partition coefficient (Wildman–Crippen LogP) is -19.2. The van der Waals surface area contributed by atoms with Crippen molar-refractivity contribution in [3.63, 3.8) is 0 Å². The number of carbonyl (C=O) groups is 8. The monoisotopic (exact) mass is 820 g/mol. The molecule has 16 N–H and O–H groups in total. The largest absolute Gasteiger partial charge is 2.00 e. The molecule has 0 rings (SSSR count). The van der Waals surface area contributed by atoms with Crippen molar-refractivity contribution >= 4 is 95.1 Å². The van der Waals surface area contributed by atoms with E-state index in [-0.39, 0.29) is 71.3 Å². The molecule has 54 heavy (non-hydrogen) atoms. The fourth-order valence-electron chi connectivity index (χ4n) is 2.43. The first-order chi connectivity index (χ1) is 23.7. The van der Waals surface area contributed by atoms with Crippen molar-refractivity contribution in [2.45, 2.75) is 97.7 Å². The Morgan fingerprint density at radius 2 is 0.407 bits per heavy atom. The van der Waals surface area contributed by atoms with E-state index >= 15 is 0 Å². The maximum atomic E-state index is 9.95. The first kappa shape index (κ1) is 63.4. The third-order valence-corrected chi connectivity index (χ3v) is 5.62. The number of rotatable bonds is 20. The zero-order chi connectivity index (χ0) is 42.4. The molecule has 0 aromatic rings. The van der Waals surface area contributed by atoms with Crippen LogP contribution in [0.1, 0.15) is 0 Å². The number of hydrogen-bond donors (Lipinski definition) is 16. The summed E-state index contributed by atoms with van der Waals surface area (Å²) in [6.45, 7) is 0. The number of aldehydes is 4. The Kier molecular flexibility index (Phi) is 38.4. The van der Waals surface area contributed by atoms with E-state index in [0.717, 1.165) is 0 Å². The molecular formula is C24H36Mg2O28. The molecule has 0 amide bonds. The van der Waals surface area contributed by atoms with Gasteiger partial charge in [-0.2, -0.15) is 0 Å². The maximum Gasteiger partial charge on any atom is 2.00 e. The van der Waals surface area contributed by atoms with Crippen LogP contribution in [0.25, 0.3) is 0 Å². The molecule has 16 atom stereocenters. The molecular weight excluding hydrogens is 785 g/mol. The van der Waals surface area contributed by atoms with Crippen molar-refractivity contribution in [2.75, 3.05) is 0 Å². The molecule has 0 aromatic carbocycles. The van der Waals surface area contributed by atoms with Crippen LogP contribution >= 0.6 is 0 Å². The summed E-state index contributed by atoms with van der Waals surface area (Å²) in [5, 5.41) is 179. The van der Waals surface area contributed by atoms with Gasteiger partial charge < -0.3 is 140 Å². The molecule has 0 unspecified atom stereocenters. The van der Waals surface area contributed by atoms with Crippen molar-refractivity contribution in [1.82, 2.24) is 0 Å². The summed E-state index contributed by atoms with van der Waals surface area (Å²) in [4.78, 5) is 79.3. The fraction of sp³-hybridized carbons (Fsp3) is 0.667. The zero-order valence-corrected chi connectivity index (χ0v) is 29.8. The molecule has 0 fully saturated rings. The van der Waals surface area contributed by atoms with Crippen LogP contribution in [0.5, 0.6) is 0 Å². The van der Waals surface area contributed by atoms with Crippen molar-refractivity contribution in [3.8, 4) is 0 Å². The molecule has 0 aliphatic rings. The first-order valence-corrected chi connectivity index (χ1v) is 13.2. The van der Waals surface area contributed by atoms with Crippen LogP contribution in [0, 0.1) is 0 Å². The van der Waals surface area contributed by atoms with Gasteiger partial charge in [0.15, 0.2) is 25.1 Å². The molecule has 30 heteroatoms. The summed E-state index contributed by atoms with van der Waals surface area (Å²) in [5.74, 6) is -8.04. The molecule has 0 spiro atoms. The van der Waals surface area contributed by atoms with E-state index < -0.39 is 122 Å². The van der Waals surface area contributed by atoms with E-state index in [1.165, 1.54) is 0 Å². The SMILES string of the molecule is O=C[C@H](O)[C@@H](O)[C@@H](O)[C@H](O)C(=O)[O-].O=C[C@H](O)[C@@H](O)[C@@H](O)[C@H](O)C(=O)[O-].O=C[C@H](O)[C@@H](O)[C@@H](O)[C@H](O)C(=O)[O-].O=C[C@H](O)[C@@H](O)[C@@H](O)[C@H](O)C(=O)[O-].[Mg+2].[Mg+2]. The van der Waals surface area contributed by atoms with E-state index in [1.54, 1.807) is 0 Å². The standard InChI is InChI=1S/4C6H10O7.2Mg/c4*7-1-2(8)3(9)4(10)5(11)6(12)13;;/h4*1-5,8-11H,(H,12,13);;/q;;;;2*+2/p-4/t4*2-,3+,4+,5-;;/m0000../s1. The summed E-state index contributed by atoms with van der Waals surface area (Å²) >= 11 is 0. The fourth-order valence-corrected chi connectivity index (χ4v) is 2.43. The molecule has 0 saturated carbocycles. The average Bonchev–Trinajstić information content (AvgIpc) is 3.12. The van der Waals surface area contributed by atoms with Gasteiger partial charge in [0, 0.05) is 0 Å². The Balaban J connectivity index is -0.000000140. The van der Waals surface area contributed by atoms with Crippen LogP contribution in [0.15, 0.2) is 0 Å². The van der Waals surface area contributed by atoms with Crippen molar-refractivity contribution < 1.29 is 140 Å². The molecule has 28 nitrogen and oxygen atoms in total. The Morgan fingerprint density at radius 3 is 0.481 bits per heavy atom. The molecule has 0 heterocycles. The van der Waals surface area contributed by atoms with Gasteiger partial charge >= 0.3 is 46.1 Å². The number of aliphatic hydroxyl groups excluding tert-OH is 16. The topological polar surface area (TPSA) is 552 Å². The normalized spacial score (nSPS) is 19.3. The van der Waals surface area contributed by atoms with Crippen molar-refractivity contribution in [2.24, 2.45) is 0 Å². The molecule has 0 aromatic heterocycles. The van der Waals surface area contributed by atoms with Gasteiger partial charge in [0.1, 0.15) is 97.7 Å². The van der Waals surface area contributed by atoms with Crippen LogP contribution in [-0.4, -0.2) is 274 Å². The quantitative estimate of drug-likeness (QED) is 0.0400. The van der Waals surface area contributed by atoms with Gasteiger partial charge in [0.05, 0.1) is 23.9 Å². The average molecular weight is 821 g/mol. The number of carboxylic acid groups (broad SMARTS) is 4. The van der Waals surface area contributed by atoms with Crippen LogP contribution in [-0.2, 0) is 38.4 Å². The molecule has 0 saturated heterocycles. The second-order valence-corrected chi connectivity index (χ2v) is 9.49. The number of hydrogen-bond acceptors (Lipinski definition) is 28. The van der Waals surface area contributed by atoms with Gasteiger partial charge in [-0.05, 0) is 0 Å². The zero-order valence-electron chi connectivity index (χ0n) is 27.0. The molecule has 0 aliphatic heterocycles. The third kappa shape index (κ3) is 24.1. The first-order valence-electron chi connectivity index (χ1n) is 13.2. The van der Waals surface area contributed by atoms with Gasteiger partial charge in [-0.1, -0.05) is 0 Å². The molecule has 0 aliphatic carbocycles. The van der Waals surface area contributed by atoms with Gasteiger partial charge in [-0.25, -0.2) is 0 Å². The van der Waals surface area contributed by atoms with Gasteiger partial charge in [-0.3, -0.25) is 0 Å². The third-order valence-electron chi connectivity index (χ3n) is 5.62. The smallest absolute Gasteiger partial charge is 0.547 e. The Hall–Kier alpha value is -2.55. The molecule has 0 radical (unpaired) electrons. The Morgan fingerprint density at radius 1 is 0.296 bits per heavy atom. The number of aliphatic hydroxyl groups is 16. The van der Waals surface area contributed by atoms with E-state index in [0.29, 0.717) is 0 Å². The van der Waals surface area contributed by atoms with E-state index in [1.807, 2.05) is 0 Å². The van der Waals surface area contributed by atoms with E-state index in [9.17, 15) is 58.8 Å². The summed E-state index contributed by atoms with van der Waals surface area (Å²) in [5.41, 5.74) is 0. The second-order valence-electron chi connectivity index (χ2n) is 9.49. The van der Waals surface area contributed by atoms with Gasteiger partial charge in [0.25, 0.3) is 0 Å². The summed E-state index contributed by atoms with van der Waals surface area (Å²) < 4.78 is 0. The van der Waals surface area contributed by atoms with E-state index in [4.69, 9.17) is 81.7 Å². The van der Waals surface area contributed by atoms with Gasteiger partial charge in [-0.15, -0.1) is 0 Å². The maximum absolute atomic E-state index is 9.95. The van der Waals surface area contributed by atoms with Gasteiger partial charge in [0.2, 0.25) is 0 Å². The minimum atomic E-state index is -2.36. The summed E-state index contributed by atoms with van der Waals surface area (Å²) in [6, 6.07) is 0. The Labute approximate surface area is 332 Å². The van der Waals surface area contributed by atoms with Crippen LogP contribution < -0.4 is 20.4 Å². The van der Waals surface area contributed by atoms with Crippen LogP contribution in [0.4, 0.5) is 0 Å². The minimum Gasteiger partial charge on any atom is -0.547 e. The van der Waals surface area contributed by atoms with Crippen molar-refractivity contribution in [1.29, 1.82) is 0 Å². The molecule has 0 bridgehead atoms. The second kappa shape index (κ2) is 32.7. The van der Waals surface area contributed by atoms with Crippen molar-refractivity contribution in [3.05, 3.63) is 0 Å². The summed E-state index contributed by atoms with van der Waals surface area (Å²) in [7, 11) is 0. The van der Waals surface area contributed by atoms with E-state index in [2.05, 4.69) is 0 Å². The number of carbonyl (C=O) groups excluding carboxylic acids is 8. The van der Waals surface area contributed by atoms with Crippen LogP contribution in [0.2, 0.25) is 0 Å². The predicted molar refractivity (Wildman–Crippen MR) is 152 cm³/mol. The molecule has 304 valence electrons.